The van der Waals surface area contributed by atoms with Crippen LogP contribution in [0.3, 0.4) is 0 Å². The highest BCUT2D eigenvalue weighted by Crippen LogP contribution is 2.22. The van der Waals surface area contributed by atoms with E-state index in [0.29, 0.717) is 39.7 Å². The molecule has 2 aromatic heterocycles. The van der Waals surface area contributed by atoms with Crippen LogP contribution in [0.25, 0.3) is 11.0 Å². The third-order valence-electron chi connectivity index (χ3n) is 2.25. The van der Waals surface area contributed by atoms with E-state index < -0.39 is 0 Å². The quantitative estimate of drug-likeness (QED) is 0.614. The van der Waals surface area contributed by atoms with Crippen LogP contribution in [-0.2, 0) is 6.42 Å². The molecule has 2 rings (SSSR count). The Morgan fingerprint density at radius 3 is 2.88 bits per heavy atom. The van der Waals surface area contributed by atoms with Gasteiger partial charge in [0.1, 0.15) is 10.7 Å². The zero-order valence-corrected chi connectivity index (χ0v) is 10.1. The van der Waals surface area contributed by atoms with Gasteiger partial charge in [0, 0.05) is 23.2 Å². The first-order valence-corrected chi connectivity index (χ1v) is 5.69. The van der Waals surface area contributed by atoms with Gasteiger partial charge < -0.3 is 4.42 Å². The SMILES string of the molecule is Cc1cc2oc(=O)c(CCCl)cc2c(Cl)n1. The summed E-state index contributed by atoms with van der Waals surface area (Å²) < 4.78 is 5.17. The largest absolute Gasteiger partial charge is 0.422 e. The van der Waals surface area contributed by atoms with Crippen LogP contribution >= 0.6 is 23.2 Å². The van der Waals surface area contributed by atoms with Crippen LogP contribution in [0.4, 0.5) is 0 Å². The number of halogens is 2. The number of aryl methyl sites for hydroxylation is 2. The molecule has 0 saturated carbocycles. The smallest absolute Gasteiger partial charge is 0.339 e. The highest BCUT2D eigenvalue weighted by atomic mass is 35.5. The first-order chi connectivity index (χ1) is 7.61. The molecule has 0 aliphatic carbocycles. The van der Waals surface area contributed by atoms with Crippen molar-refractivity contribution in [3.05, 3.63) is 39.0 Å². The van der Waals surface area contributed by atoms with Crippen molar-refractivity contribution in [1.82, 2.24) is 4.98 Å². The van der Waals surface area contributed by atoms with E-state index in [4.69, 9.17) is 27.6 Å². The minimum atomic E-state index is -0.366. The molecule has 0 aliphatic heterocycles. The molecule has 16 heavy (non-hydrogen) atoms. The zero-order chi connectivity index (χ0) is 11.7. The molecule has 0 N–H and O–H groups in total. The highest BCUT2D eigenvalue weighted by molar-refractivity contribution is 6.34. The van der Waals surface area contributed by atoms with Gasteiger partial charge in [-0.25, -0.2) is 9.78 Å². The Morgan fingerprint density at radius 1 is 1.44 bits per heavy atom. The molecule has 84 valence electrons. The fourth-order valence-electron chi connectivity index (χ4n) is 1.51. The minimum absolute atomic E-state index is 0.342. The number of pyridine rings is 1. The molecule has 0 bridgehead atoms. The van der Waals surface area contributed by atoms with Gasteiger partial charge in [0.05, 0.1) is 5.39 Å². The van der Waals surface area contributed by atoms with Gasteiger partial charge in [-0.3, -0.25) is 0 Å². The van der Waals surface area contributed by atoms with Crippen LogP contribution in [0.2, 0.25) is 5.15 Å². The molecule has 0 unspecified atom stereocenters. The van der Waals surface area contributed by atoms with Crippen molar-refractivity contribution in [2.45, 2.75) is 13.3 Å². The highest BCUT2D eigenvalue weighted by Gasteiger charge is 2.09. The number of nitrogens with zero attached hydrogens (tertiary/aromatic N) is 1. The van der Waals surface area contributed by atoms with Crippen molar-refractivity contribution in [2.75, 3.05) is 5.88 Å². The van der Waals surface area contributed by atoms with Gasteiger partial charge in [-0.1, -0.05) is 11.6 Å². The Hall–Kier alpha value is -1.06. The predicted molar refractivity (Wildman–Crippen MR) is 64.5 cm³/mol. The minimum Gasteiger partial charge on any atom is -0.422 e. The lowest BCUT2D eigenvalue weighted by Crippen LogP contribution is -2.08. The van der Waals surface area contributed by atoms with Crippen LogP contribution in [0.5, 0.6) is 0 Å². The van der Waals surface area contributed by atoms with E-state index in [1.165, 1.54) is 0 Å². The molecule has 0 aromatic carbocycles. The molecule has 0 fully saturated rings. The van der Waals surface area contributed by atoms with Gasteiger partial charge >= 0.3 is 5.63 Å². The number of hydrogen-bond acceptors (Lipinski definition) is 3. The second kappa shape index (κ2) is 4.44. The molecule has 0 aliphatic rings. The molecule has 0 atom stereocenters. The third-order valence-corrected chi connectivity index (χ3v) is 2.73. The lowest BCUT2D eigenvalue weighted by Gasteiger charge is -2.02. The van der Waals surface area contributed by atoms with Crippen molar-refractivity contribution in [3.63, 3.8) is 0 Å². The maximum atomic E-state index is 11.6. The van der Waals surface area contributed by atoms with Gasteiger partial charge in [-0.2, -0.15) is 0 Å². The number of aromatic nitrogens is 1. The normalized spacial score (nSPS) is 10.9. The Bertz CT molecular complexity index is 592. The third kappa shape index (κ3) is 2.06. The van der Waals surface area contributed by atoms with Crippen LogP contribution < -0.4 is 5.63 Å². The van der Waals surface area contributed by atoms with Gasteiger partial charge in [-0.05, 0) is 19.4 Å². The number of alkyl halides is 1. The average molecular weight is 258 g/mol. The Balaban J connectivity index is 2.74. The Morgan fingerprint density at radius 2 is 2.19 bits per heavy atom. The molecular formula is C11H9Cl2NO2. The zero-order valence-electron chi connectivity index (χ0n) is 8.59. The summed E-state index contributed by atoms with van der Waals surface area (Å²) in [6.45, 7) is 1.79. The van der Waals surface area contributed by atoms with Crippen molar-refractivity contribution in [1.29, 1.82) is 0 Å². The van der Waals surface area contributed by atoms with Crippen LogP contribution in [0.15, 0.2) is 21.3 Å². The van der Waals surface area contributed by atoms with Gasteiger partial charge in [0.25, 0.3) is 0 Å². The molecular weight excluding hydrogens is 249 g/mol. The van der Waals surface area contributed by atoms with Crippen LogP contribution in [0.1, 0.15) is 11.3 Å². The van der Waals surface area contributed by atoms with Gasteiger partial charge in [-0.15, -0.1) is 11.6 Å². The molecule has 0 saturated heterocycles. The topological polar surface area (TPSA) is 43.1 Å². The number of fused-ring (bicyclic) bond motifs is 1. The van der Waals surface area contributed by atoms with E-state index in [-0.39, 0.29) is 5.63 Å². The van der Waals surface area contributed by atoms with Crippen LogP contribution in [-0.4, -0.2) is 10.9 Å². The molecule has 0 radical (unpaired) electrons. The van der Waals surface area contributed by atoms with E-state index >= 15 is 0 Å². The van der Waals surface area contributed by atoms with Crippen molar-refractivity contribution < 1.29 is 4.42 Å². The first kappa shape index (κ1) is 11.4. The van der Waals surface area contributed by atoms with E-state index in [0.717, 1.165) is 0 Å². The molecule has 3 nitrogen and oxygen atoms in total. The summed E-state index contributed by atoms with van der Waals surface area (Å²) in [6.07, 6.45) is 0.462. The van der Waals surface area contributed by atoms with Gasteiger partial charge in [0.15, 0.2) is 0 Å². The second-order valence-electron chi connectivity index (χ2n) is 3.46. The number of rotatable bonds is 2. The fourth-order valence-corrected chi connectivity index (χ4v) is 1.99. The molecule has 2 heterocycles. The molecule has 0 amide bonds. The first-order valence-electron chi connectivity index (χ1n) is 4.77. The maximum Gasteiger partial charge on any atom is 0.339 e. The summed E-state index contributed by atoms with van der Waals surface area (Å²) in [6, 6.07) is 3.38. The summed E-state index contributed by atoms with van der Waals surface area (Å²) in [7, 11) is 0. The summed E-state index contributed by atoms with van der Waals surface area (Å²) in [4.78, 5) is 15.7. The van der Waals surface area contributed by atoms with E-state index in [9.17, 15) is 4.79 Å². The second-order valence-corrected chi connectivity index (χ2v) is 4.20. The molecule has 0 spiro atoms. The predicted octanol–water partition coefficient (Wildman–Crippen LogP) is 2.93. The van der Waals surface area contributed by atoms with Crippen molar-refractivity contribution >= 4 is 34.2 Å². The van der Waals surface area contributed by atoms with E-state index in [1.807, 2.05) is 0 Å². The monoisotopic (exact) mass is 257 g/mol. The van der Waals surface area contributed by atoms with Gasteiger partial charge in [0.2, 0.25) is 0 Å². The fraction of sp³-hybridized carbons (Fsp3) is 0.273. The number of hydrogen-bond donors (Lipinski definition) is 0. The average Bonchev–Trinajstić information content (AvgIpc) is 2.20. The summed E-state index contributed by atoms with van der Waals surface area (Å²) in [5.74, 6) is 0.368. The molecule has 5 heteroatoms. The summed E-state index contributed by atoms with van der Waals surface area (Å²) in [5, 5.41) is 0.988. The summed E-state index contributed by atoms with van der Waals surface area (Å²) in [5.41, 5.74) is 1.33. The lowest BCUT2D eigenvalue weighted by molar-refractivity contribution is 0.551. The maximum absolute atomic E-state index is 11.6. The van der Waals surface area contributed by atoms with E-state index in [2.05, 4.69) is 4.98 Å². The Kier molecular flexibility index (Phi) is 3.17. The lowest BCUT2D eigenvalue weighted by atomic mass is 10.2. The Labute approximate surface area is 102 Å². The standard InChI is InChI=1S/C11H9Cl2NO2/c1-6-4-9-8(10(13)14-6)5-7(2-3-12)11(15)16-9/h4-5H,2-3H2,1H3. The van der Waals surface area contributed by atoms with Crippen molar-refractivity contribution in [3.8, 4) is 0 Å². The van der Waals surface area contributed by atoms with Crippen molar-refractivity contribution in [2.24, 2.45) is 0 Å². The van der Waals surface area contributed by atoms with E-state index in [1.54, 1.807) is 19.1 Å². The summed E-state index contributed by atoms with van der Waals surface area (Å²) >= 11 is 11.6. The van der Waals surface area contributed by atoms with Crippen LogP contribution in [0, 0.1) is 6.92 Å². The molecule has 2 aromatic rings.